The molecular weight excluding hydrogens is 384 g/mol. The Labute approximate surface area is 191 Å². The highest BCUT2D eigenvalue weighted by molar-refractivity contribution is 5.57. The van der Waals surface area contributed by atoms with Gasteiger partial charge in [-0.1, -0.05) is 53.9 Å². The van der Waals surface area contributed by atoms with E-state index in [4.69, 9.17) is 9.84 Å². The molecule has 3 heteroatoms. The van der Waals surface area contributed by atoms with Crippen molar-refractivity contribution in [1.82, 2.24) is 0 Å². The first kappa shape index (κ1) is 23.4. The number of ether oxygens (including phenoxy) is 1. The van der Waals surface area contributed by atoms with E-state index >= 15 is 0 Å². The molecule has 0 spiro atoms. The molecular formula is C28H48O3. The van der Waals surface area contributed by atoms with Gasteiger partial charge in [0.15, 0.2) is 0 Å². The Hall–Kier alpha value is -0.730. The van der Waals surface area contributed by atoms with Crippen molar-refractivity contribution < 1.29 is 14.6 Å². The third-order valence-corrected chi connectivity index (χ3v) is 11.1. The average Bonchev–Trinajstić information content (AvgIpc) is 3.05. The summed E-state index contributed by atoms with van der Waals surface area (Å²) < 4.78 is 5.21. The summed E-state index contributed by atoms with van der Waals surface area (Å²) in [5.41, 5.74) is 0.967. The predicted octanol–water partition coefficient (Wildman–Crippen LogP) is 8.17. The van der Waals surface area contributed by atoms with Crippen molar-refractivity contribution in [1.29, 1.82) is 0 Å². The lowest BCUT2D eigenvalue weighted by molar-refractivity contribution is -0.131. The minimum atomic E-state index is -1.09. The quantitative estimate of drug-likeness (QED) is 0.430. The molecule has 178 valence electrons. The fourth-order valence-corrected chi connectivity index (χ4v) is 9.49. The Morgan fingerprint density at radius 1 is 0.935 bits per heavy atom. The zero-order valence-corrected chi connectivity index (χ0v) is 20.9. The molecule has 0 aromatic heterocycles. The molecule has 0 aromatic carbocycles. The van der Waals surface area contributed by atoms with E-state index in [1.165, 1.54) is 57.8 Å². The van der Waals surface area contributed by atoms with E-state index in [2.05, 4.69) is 34.6 Å². The SMILES string of the molecule is CC(C)CCC[C@@H](C)C1CC[C@H]2[C@@H]3CCC4C[C@@H](OC(=O)O)CCC4(C)[C@H]3CC[C@]12C. The van der Waals surface area contributed by atoms with Crippen molar-refractivity contribution >= 4 is 6.16 Å². The lowest BCUT2D eigenvalue weighted by Gasteiger charge is -2.61. The highest BCUT2D eigenvalue weighted by Gasteiger charge is 2.60. The first-order valence-corrected chi connectivity index (χ1v) is 13.5. The summed E-state index contributed by atoms with van der Waals surface area (Å²) in [5, 5.41) is 9.07. The summed E-state index contributed by atoms with van der Waals surface area (Å²) in [6, 6.07) is 0. The van der Waals surface area contributed by atoms with Gasteiger partial charge >= 0.3 is 6.16 Å². The van der Waals surface area contributed by atoms with E-state index in [-0.39, 0.29) is 6.10 Å². The van der Waals surface area contributed by atoms with Gasteiger partial charge in [-0.2, -0.15) is 0 Å². The first-order chi connectivity index (χ1) is 14.6. The van der Waals surface area contributed by atoms with E-state index in [1.54, 1.807) is 0 Å². The Morgan fingerprint density at radius 3 is 2.35 bits per heavy atom. The zero-order chi connectivity index (χ0) is 22.4. The maximum atomic E-state index is 11.1. The van der Waals surface area contributed by atoms with Crippen molar-refractivity contribution in [2.75, 3.05) is 0 Å². The molecule has 0 bridgehead atoms. The van der Waals surface area contributed by atoms with Gasteiger partial charge in [-0.05, 0) is 110 Å². The molecule has 3 unspecified atom stereocenters. The third-order valence-electron chi connectivity index (χ3n) is 11.1. The molecule has 0 radical (unpaired) electrons. The van der Waals surface area contributed by atoms with Crippen LogP contribution in [0.4, 0.5) is 4.79 Å². The summed E-state index contributed by atoms with van der Waals surface area (Å²) in [6.45, 7) is 12.5. The molecule has 0 amide bonds. The maximum Gasteiger partial charge on any atom is 0.506 e. The maximum absolute atomic E-state index is 11.1. The molecule has 4 aliphatic carbocycles. The Morgan fingerprint density at radius 2 is 1.65 bits per heavy atom. The fourth-order valence-electron chi connectivity index (χ4n) is 9.49. The summed E-state index contributed by atoms with van der Waals surface area (Å²) >= 11 is 0. The van der Waals surface area contributed by atoms with Gasteiger partial charge < -0.3 is 9.84 Å². The Kier molecular flexibility index (Phi) is 6.73. The molecule has 9 atom stereocenters. The van der Waals surface area contributed by atoms with E-state index in [0.717, 1.165) is 54.8 Å². The monoisotopic (exact) mass is 432 g/mol. The van der Waals surface area contributed by atoms with Gasteiger partial charge in [0.1, 0.15) is 6.10 Å². The van der Waals surface area contributed by atoms with Crippen molar-refractivity contribution in [3.05, 3.63) is 0 Å². The predicted molar refractivity (Wildman–Crippen MR) is 126 cm³/mol. The number of hydrogen-bond donors (Lipinski definition) is 1. The van der Waals surface area contributed by atoms with E-state index in [0.29, 0.717) is 16.7 Å². The lowest BCUT2D eigenvalue weighted by Crippen LogP contribution is -2.54. The molecule has 0 heterocycles. The minimum Gasteiger partial charge on any atom is -0.450 e. The second-order valence-corrected chi connectivity index (χ2v) is 13.0. The molecule has 31 heavy (non-hydrogen) atoms. The molecule has 0 saturated heterocycles. The summed E-state index contributed by atoms with van der Waals surface area (Å²) in [6.07, 6.45) is 14.5. The van der Waals surface area contributed by atoms with Gasteiger partial charge in [-0.25, -0.2) is 4.79 Å². The number of hydrogen-bond acceptors (Lipinski definition) is 2. The van der Waals surface area contributed by atoms with Crippen LogP contribution in [-0.2, 0) is 4.74 Å². The Balaban J connectivity index is 1.43. The second-order valence-electron chi connectivity index (χ2n) is 13.0. The van der Waals surface area contributed by atoms with Crippen LogP contribution in [0.5, 0.6) is 0 Å². The molecule has 4 aliphatic rings. The molecule has 3 nitrogen and oxygen atoms in total. The van der Waals surface area contributed by atoms with Gasteiger partial charge in [0, 0.05) is 0 Å². The highest BCUT2D eigenvalue weighted by Crippen LogP contribution is 2.68. The van der Waals surface area contributed by atoms with Crippen LogP contribution in [0.2, 0.25) is 0 Å². The lowest BCUT2D eigenvalue weighted by atomic mass is 9.44. The van der Waals surface area contributed by atoms with Gasteiger partial charge in [-0.3, -0.25) is 0 Å². The van der Waals surface area contributed by atoms with Crippen molar-refractivity contribution in [2.45, 2.75) is 118 Å². The van der Waals surface area contributed by atoms with E-state index in [9.17, 15) is 4.79 Å². The topological polar surface area (TPSA) is 46.5 Å². The number of carboxylic acid groups (broad SMARTS) is 1. The van der Waals surface area contributed by atoms with Crippen molar-refractivity contribution in [3.8, 4) is 0 Å². The number of rotatable bonds is 6. The molecule has 4 saturated carbocycles. The number of fused-ring (bicyclic) bond motifs is 5. The average molecular weight is 433 g/mol. The molecule has 1 N–H and O–H groups in total. The van der Waals surface area contributed by atoms with Crippen LogP contribution in [0.25, 0.3) is 0 Å². The van der Waals surface area contributed by atoms with Gasteiger partial charge in [0.2, 0.25) is 0 Å². The smallest absolute Gasteiger partial charge is 0.450 e. The first-order valence-electron chi connectivity index (χ1n) is 13.5. The highest BCUT2D eigenvalue weighted by atomic mass is 16.7. The van der Waals surface area contributed by atoms with Gasteiger partial charge in [0.05, 0.1) is 0 Å². The largest absolute Gasteiger partial charge is 0.506 e. The molecule has 0 aliphatic heterocycles. The third kappa shape index (κ3) is 4.29. The van der Waals surface area contributed by atoms with Gasteiger partial charge in [0.25, 0.3) is 0 Å². The normalized spacial score (nSPS) is 45.5. The van der Waals surface area contributed by atoms with Crippen LogP contribution in [0, 0.1) is 52.3 Å². The second kappa shape index (κ2) is 8.90. The minimum absolute atomic E-state index is 0.0662. The van der Waals surface area contributed by atoms with Crippen LogP contribution in [0.15, 0.2) is 0 Å². The molecule has 4 rings (SSSR count). The van der Waals surface area contributed by atoms with Crippen LogP contribution in [-0.4, -0.2) is 17.4 Å². The van der Waals surface area contributed by atoms with Gasteiger partial charge in [-0.15, -0.1) is 0 Å². The standard InChI is InChI=1S/C28H48O3/c1-18(2)7-6-8-19(3)23-11-12-24-22-10-9-20-17-21(31-26(29)30)13-15-27(20,4)25(22)14-16-28(23,24)5/h18-25H,6-17H2,1-5H3,(H,29,30)/t19-,20?,21+,22+,23?,24+,25+,27?,28-/m1/s1. The van der Waals surface area contributed by atoms with Crippen LogP contribution in [0.1, 0.15) is 112 Å². The van der Waals surface area contributed by atoms with Crippen LogP contribution in [0.3, 0.4) is 0 Å². The van der Waals surface area contributed by atoms with E-state index in [1.807, 2.05) is 0 Å². The van der Waals surface area contributed by atoms with Crippen LogP contribution < -0.4 is 0 Å². The summed E-state index contributed by atoms with van der Waals surface area (Å²) in [5.74, 6) is 5.98. The molecule has 0 aromatic rings. The van der Waals surface area contributed by atoms with Crippen LogP contribution >= 0.6 is 0 Å². The van der Waals surface area contributed by atoms with Crippen molar-refractivity contribution in [3.63, 3.8) is 0 Å². The van der Waals surface area contributed by atoms with E-state index < -0.39 is 6.16 Å². The number of carbonyl (C=O) groups is 1. The zero-order valence-electron chi connectivity index (χ0n) is 20.9. The Bertz CT molecular complexity index is 644. The fraction of sp³-hybridized carbons (Fsp3) is 0.964. The summed E-state index contributed by atoms with van der Waals surface area (Å²) in [7, 11) is 0. The summed E-state index contributed by atoms with van der Waals surface area (Å²) in [4.78, 5) is 11.1. The van der Waals surface area contributed by atoms with Crippen molar-refractivity contribution in [2.24, 2.45) is 52.3 Å². The molecule has 4 fully saturated rings.